The van der Waals surface area contributed by atoms with Crippen LogP contribution in [0, 0.1) is 0 Å². The molecule has 1 aliphatic carbocycles. The van der Waals surface area contributed by atoms with Crippen LogP contribution in [0.1, 0.15) is 36.2 Å². The Morgan fingerprint density at radius 2 is 2.13 bits per heavy atom. The minimum atomic E-state index is -0.192. The van der Waals surface area contributed by atoms with Crippen LogP contribution in [0.4, 0.5) is 0 Å². The van der Waals surface area contributed by atoms with Gasteiger partial charge in [-0.25, -0.2) is 4.79 Å². The fraction of sp³-hybridized carbons (Fsp3) is 0.471. The molecule has 122 valence electrons. The van der Waals surface area contributed by atoms with Crippen molar-refractivity contribution in [2.75, 3.05) is 6.61 Å². The third-order valence-electron chi connectivity index (χ3n) is 4.07. The number of aliphatic hydroxyl groups is 1. The van der Waals surface area contributed by atoms with Gasteiger partial charge < -0.3 is 5.11 Å². The van der Waals surface area contributed by atoms with Crippen LogP contribution in [-0.4, -0.2) is 26.2 Å². The molecule has 0 radical (unpaired) electrons. The van der Waals surface area contributed by atoms with E-state index in [2.05, 4.69) is 9.97 Å². The van der Waals surface area contributed by atoms with E-state index in [0.29, 0.717) is 13.0 Å². The van der Waals surface area contributed by atoms with Crippen LogP contribution >= 0.6 is 11.8 Å². The predicted octanol–water partition coefficient (Wildman–Crippen LogP) is 2.19. The van der Waals surface area contributed by atoms with Crippen LogP contribution in [0.25, 0.3) is 0 Å². The molecule has 23 heavy (non-hydrogen) atoms. The third kappa shape index (κ3) is 3.82. The van der Waals surface area contributed by atoms with E-state index in [9.17, 15) is 4.79 Å². The summed E-state index contributed by atoms with van der Waals surface area (Å²) in [5.41, 5.74) is 3.14. The summed E-state index contributed by atoms with van der Waals surface area (Å²) in [4.78, 5) is 21.0. The minimum Gasteiger partial charge on any atom is -0.396 e. The van der Waals surface area contributed by atoms with E-state index in [4.69, 9.17) is 5.11 Å². The summed E-state index contributed by atoms with van der Waals surface area (Å²) in [7, 11) is 0. The second kappa shape index (κ2) is 7.75. The standard InChI is InChI=1S/C17H21N3O2S/c21-11-5-10-20-15-8-2-1-7-14(15)16(19-17(20)22)23-12-13-6-3-4-9-18-13/h3-4,6,9,21H,1-2,5,7-8,10-12H2. The second-order valence-corrected chi connectivity index (χ2v) is 6.63. The van der Waals surface area contributed by atoms with E-state index in [1.165, 1.54) is 5.56 Å². The Kier molecular flexibility index (Phi) is 5.46. The van der Waals surface area contributed by atoms with Crippen LogP contribution in [0.2, 0.25) is 0 Å². The van der Waals surface area contributed by atoms with Gasteiger partial charge >= 0.3 is 5.69 Å². The van der Waals surface area contributed by atoms with Gasteiger partial charge in [-0.05, 0) is 44.2 Å². The van der Waals surface area contributed by atoms with Crippen molar-refractivity contribution in [1.82, 2.24) is 14.5 Å². The lowest BCUT2D eigenvalue weighted by Gasteiger charge is -2.22. The summed E-state index contributed by atoms with van der Waals surface area (Å²) in [6, 6.07) is 5.86. The molecule has 3 rings (SSSR count). The number of aromatic nitrogens is 3. The van der Waals surface area contributed by atoms with Crippen molar-refractivity contribution in [3.63, 3.8) is 0 Å². The van der Waals surface area contributed by atoms with Gasteiger partial charge in [-0.15, -0.1) is 0 Å². The molecule has 0 saturated heterocycles. The number of hydrogen-bond donors (Lipinski definition) is 1. The summed E-state index contributed by atoms with van der Waals surface area (Å²) in [5.74, 6) is 0.723. The number of thioether (sulfide) groups is 1. The lowest BCUT2D eigenvalue weighted by Crippen LogP contribution is -2.30. The van der Waals surface area contributed by atoms with Crippen molar-refractivity contribution in [2.24, 2.45) is 0 Å². The zero-order chi connectivity index (χ0) is 16.1. The van der Waals surface area contributed by atoms with Crippen molar-refractivity contribution in [1.29, 1.82) is 0 Å². The van der Waals surface area contributed by atoms with Crippen molar-refractivity contribution in [3.05, 3.63) is 51.8 Å². The van der Waals surface area contributed by atoms with Gasteiger partial charge in [-0.3, -0.25) is 9.55 Å². The fourth-order valence-electron chi connectivity index (χ4n) is 2.95. The van der Waals surface area contributed by atoms with Gasteiger partial charge in [0.05, 0.1) is 5.69 Å². The SMILES string of the molecule is O=c1nc(SCc2ccccn2)c2c(n1CCCO)CCCC2. The minimum absolute atomic E-state index is 0.0946. The van der Waals surface area contributed by atoms with Crippen molar-refractivity contribution < 1.29 is 5.11 Å². The Balaban J connectivity index is 1.88. The van der Waals surface area contributed by atoms with E-state index >= 15 is 0 Å². The number of nitrogens with zero attached hydrogens (tertiary/aromatic N) is 3. The molecule has 6 heteroatoms. The highest BCUT2D eigenvalue weighted by molar-refractivity contribution is 7.98. The van der Waals surface area contributed by atoms with E-state index in [-0.39, 0.29) is 12.3 Å². The topological polar surface area (TPSA) is 68.0 Å². The highest BCUT2D eigenvalue weighted by Gasteiger charge is 2.20. The van der Waals surface area contributed by atoms with Gasteiger partial charge in [-0.1, -0.05) is 17.8 Å². The molecule has 0 aromatic carbocycles. The molecular formula is C17H21N3O2S. The monoisotopic (exact) mass is 331 g/mol. The molecular weight excluding hydrogens is 310 g/mol. The molecule has 0 spiro atoms. The molecule has 0 saturated carbocycles. The van der Waals surface area contributed by atoms with Gasteiger partial charge in [0.1, 0.15) is 5.03 Å². The molecule has 0 aliphatic heterocycles. The summed E-state index contributed by atoms with van der Waals surface area (Å²) in [5, 5.41) is 9.90. The number of hydrogen-bond acceptors (Lipinski definition) is 5. The molecule has 1 aliphatic rings. The van der Waals surface area contributed by atoms with Gasteiger partial charge in [0.2, 0.25) is 0 Å². The molecule has 1 N–H and O–H groups in total. The maximum Gasteiger partial charge on any atom is 0.348 e. The lowest BCUT2D eigenvalue weighted by molar-refractivity contribution is 0.277. The Hall–Kier alpha value is -1.66. The Bertz CT molecular complexity index is 716. The Labute approximate surface area is 139 Å². The fourth-order valence-corrected chi connectivity index (χ4v) is 3.94. The molecule has 0 bridgehead atoms. The Morgan fingerprint density at radius 3 is 2.91 bits per heavy atom. The van der Waals surface area contributed by atoms with E-state index in [0.717, 1.165) is 47.8 Å². The van der Waals surface area contributed by atoms with Gasteiger partial charge in [0.15, 0.2) is 0 Å². The predicted molar refractivity (Wildman–Crippen MR) is 90.6 cm³/mol. The van der Waals surface area contributed by atoms with E-state index in [1.807, 2.05) is 18.2 Å². The van der Waals surface area contributed by atoms with Gasteiger partial charge in [0.25, 0.3) is 0 Å². The van der Waals surface area contributed by atoms with Crippen LogP contribution in [0.15, 0.2) is 34.2 Å². The molecule has 2 aromatic rings. The smallest absolute Gasteiger partial charge is 0.348 e. The first-order valence-electron chi connectivity index (χ1n) is 8.05. The van der Waals surface area contributed by atoms with E-state index < -0.39 is 0 Å². The third-order valence-corrected chi connectivity index (χ3v) is 5.12. The molecule has 0 amide bonds. The highest BCUT2D eigenvalue weighted by Crippen LogP contribution is 2.30. The summed E-state index contributed by atoms with van der Waals surface area (Å²) >= 11 is 1.60. The molecule has 0 atom stereocenters. The first-order valence-corrected chi connectivity index (χ1v) is 9.04. The largest absolute Gasteiger partial charge is 0.396 e. The van der Waals surface area contributed by atoms with E-state index in [1.54, 1.807) is 22.5 Å². The van der Waals surface area contributed by atoms with Crippen LogP contribution < -0.4 is 5.69 Å². The summed E-state index contributed by atoms with van der Waals surface area (Å²) in [6.45, 7) is 0.646. The number of aliphatic hydroxyl groups excluding tert-OH is 1. The average molecular weight is 331 g/mol. The first kappa shape index (κ1) is 16.2. The Morgan fingerprint density at radius 1 is 1.26 bits per heavy atom. The molecule has 0 unspecified atom stereocenters. The lowest BCUT2D eigenvalue weighted by atomic mass is 9.97. The maximum atomic E-state index is 12.4. The summed E-state index contributed by atoms with van der Waals surface area (Å²) in [6.07, 6.45) is 6.53. The molecule has 5 nitrogen and oxygen atoms in total. The zero-order valence-corrected chi connectivity index (χ0v) is 13.9. The number of rotatable bonds is 6. The van der Waals surface area contributed by atoms with Gasteiger partial charge in [0, 0.05) is 36.4 Å². The van der Waals surface area contributed by atoms with Crippen LogP contribution in [-0.2, 0) is 25.1 Å². The second-order valence-electron chi connectivity index (χ2n) is 5.67. The van der Waals surface area contributed by atoms with Crippen molar-refractivity contribution in [3.8, 4) is 0 Å². The average Bonchev–Trinajstić information content (AvgIpc) is 2.60. The van der Waals surface area contributed by atoms with Crippen molar-refractivity contribution >= 4 is 11.8 Å². The summed E-state index contributed by atoms with van der Waals surface area (Å²) < 4.78 is 1.76. The molecule has 2 aromatic heterocycles. The maximum absolute atomic E-state index is 12.4. The zero-order valence-electron chi connectivity index (χ0n) is 13.1. The van der Waals surface area contributed by atoms with Gasteiger partial charge in [-0.2, -0.15) is 4.98 Å². The molecule has 2 heterocycles. The van der Waals surface area contributed by atoms with Crippen molar-refractivity contribution in [2.45, 2.75) is 49.4 Å². The van der Waals surface area contributed by atoms with Crippen LogP contribution in [0.3, 0.4) is 0 Å². The normalized spacial score (nSPS) is 13.8. The first-order chi connectivity index (χ1) is 11.3. The number of fused-ring (bicyclic) bond motifs is 1. The molecule has 0 fully saturated rings. The number of pyridine rings is 1. The van der Waals surface area contributed by atoms with Crippen LogP contribution in [0.5, 0.6) is 0 Å². The quantitative estimate of drug-likeness (QED) is 0.649. The highest BCUT2D eigenvalue weighted by atomic mass is 32.2.